The molecular weight excluding hydrogens is 260 g/mol. The van der Waals surface area contributed by atoms with Crippen LogP contribution < -0.4 is 16.0 Å². The number of hydrogen-bond acceptors (Lipinski definition) is 3. The van der Waals surface area contributed by atoms with Gasteiger partial charge in [0.05, 0.1) is 7.11 Å². The maximum atomic E-state index is 5.89. The van der Waals surface area contributed by atoms with E-state index in [1.165, 1.54) is 50.5 Å². The standard InChI is InChI=1S/C18H28N2O/c1-21-17-10-8-14(9-11-17)18(20-19)16-7-6-13-4-2-3-5-15(13)12-16/h8-11,13,15-16,18,20H,2-7,12,19H2,1H3. The van der Waals surface area contributed by atoms with Crippen LogP contribution in [0.3, 0.4) is 0 Å². The van der Waals surface area contributed by atoms with E-state index >= 15 is 0 Å². The van der Waals surface area contributed by atoms with Crippen LogP contribution in [0.4, 0.5) is 0 Å². The molecule has 2 aliphatic carbocycles. The summed E-state index contributed by atoms with van der Waals surface area (Å²) < 4.78 is 5.25. The minimum Gasteiger partial charge on any atom is -0.497 e. The first-order chi connectivity index (χ1) is 10.3. The van der Waals surface area contributed by atoms with E-state index in [1.54, 1.807) is 7.11 Å². The molecule has 0 radical (unpaired) electrons. The van der Waals surface area contributed by atoms with Gasteiger partial charge in [0.1, 0.15) is 5.75 Å². The van der Waals surface area contributed by atoms with Crippen molar-refractivity contribution in [3.05, 3.63) is 29.8 Å². The molecule has 2 fully saturated rings. The lowest BCUT2D eigenvalue weighted by Gasteiger charge is -2.42. The smallest absolute Gasteiger partial charge is 0.118 e. The molecule has 3 nitrogen and oxygen atoms in total. The molecule has 3 rings (SSSR count). The van der Waals surface area contributed by atoms with Crippen LogP contribution >= 0.6 is 0 Å². The highest BCUT2D eigenvalue weighted by Gasteiger charge is 2.35. The third kappa shape index (κ3) is 3.24. The van der Waals surface area contributed by atoms with Gasteiger partial charge < -0.3 is 4.74 Å². The number of hydrazine groups is 1. The summed E-state index contributed by atoms with van der Waals surface area (Å²) in [5.74, 6) is 9.40. The van der Waals surface area contributed by atoms with Crippen LogP contribution in [0.2, 0.25) is 0 Å². The highest BCUT2D eigenvalue weighted by atomic mass is 16.5. The topological polar surface area (TPSA) is 47.3 Å². The Labute approximate surface area is 128 Å². The lowest BCUT2D eigenvalue weighted by molar-refractivity contribution is 0.109. The van der Waals surface area contributed by atoms with Crippen LogP contribution in [0.25, 0.3) is 0 Å². The first-order valence-corrected chi connectivity index (χ1v) is 8.42. The summed E-state index contributed by atoms with van der Waals surface area (Å²) in [5.41, 5.74) is 4.37. The number of hydrogen-bond donors (Lipinski definition) is 2. The van der Waals surface area contributed by atoms with Crippen LogP contribution in [0.1, 0.15) is 56.6 Å². The van der Waals surface area contributed by atoms with E-state index in [9.17, 15) is 0 Å². The normalized spacial score (nSPS) is 30.5. The first-order valence-electron chi connectivity index (χ1n) is 8.42. The fraction of sp³-hybridized carbons (Fsp3) is 0.667. The van der Waals surface area contributed by atoms with Gasteiger partial charge in [-0.1, -0.05) is 37.8 Å². The van der Waals surface area contributed by atoms with Crippen molar-refractivity contribution in [2.24, 2.45) is 23.6 Å². The Hall–Kier alpha value is -1.06. The molecule has 2 aliphatic rings. The quantitative estimate of drug-likeness (QED) is 0.654. The average molecular weight is 288 g/mol. The Morgan fingerprint density at radius 3 is 2.43 bits per heavy atom. The molecule has 21 heavy (non-hydrogen) atoms. The zero-order valence-corrected chi connectivity index (χ0v) is 13.1. The summed E-state index contributed by atoms with van der Waals surface area (Å²) in [7, 11) is 1.71. The third-order valence-corrected chi connectivity index (χ3v) is 5.71. The van der Waals surface area contributed by atoms with Crippen molar-refractivity contribution >= 4 is 0 Å². The molecule has 0 heterocycles. The minimum absolute atomic E-state index is 0.277. The molecule has 4 atom stereocenters. The SMILES string of the molecule is COc1ccc(C(NN)C2CCC3CCCCC3C2)cc1. The van der Waals surface area contributed by atoms with Gasteiger partial charge in [-0.05, 0) is 54.7 Å². The Kier molecular flexibility index (Phi) is 4.81. The number of benzene rings is 1. The van der Waals surface area contributed by atoms with Gasteiger partial charge in [-0.25, -0.2) is 0 Å². The van der Waals surface area contributed by atoms with Crippen molar-refractivity contribution in [2.45, 2.75) is 51.0 Å². The molecule has 0 spiro atoms. The van der Waals surface area contributed by atoms with E-state index in [2.05, 4.69) is 17.6 Å². The van der Waals surface area contributed by atoms with Gasteiger partial charge in [0, 0.05) is 6.04 Å². The van der Waals surface area contributed by atoms with E-state index in [1.807, 2.05) is 12.1 Å². The fourth-order valence-corrected chi connectivity index (χ4v) is 4.53. The summed E-state index contributed by atoms with van der Waals surface area (Å²) in [4.78, 5) is 0. The van der Waals surface area contributed by atoms with Crippen molar-refractivity contribution in [1.82, 2.24) is 5.43 Å². The molecule has 1 aromatic carbocycles. The molecule has 0 saturated heterocycles. The minimum atomic E-state index is 0.277. The molecule has 0 aromatic heterocycles. The van der Waals surface area contributed by atoms with E-state index in [-0.39, 0.29) is 6.04 Å². The van der Waals surface area contributed by atoms with Gasteiger partial charge in [-0.2, -0.15) is 0 Å². The van der Waals surface area contributed by atoms with Crippen LogP contribution in [0, 0.1) is 17.8 Å². The number of ether oxygens (including phenoxy) is 1. The van der Waals surface area contributed by atoms with E-state index < -0.39 is 0 Å². The van der Waals surface area contributed by atoms with Crippen LogP contribution in [-0.4, -0.2) is 7.11 Å². The van der Waals surface area contributed by atoms with E-state index in [0.29, 0.717) is 5.92 Å². The molecule has 3 N–H and O–H groups in total. The summed E-state index contributed by atoms with van der Waals surface area (Å²) in [6, 6.07) is 8.64. The van der Waals surface area contributed by atoms with Crippen molar-refractivity contribution < 1.29 is 4.74 Å². The number of nitrogens with two attached hydrogens (primary N) is 1. The van der Waals surface area contributed by atoms with Crippen LogP contribution in [-0.2, 0) is 0 Å². The molecule has 0 aliphatic heterocycles. The van der Waals surface area contributed by atoms with E-state index in [0.717, 1.165) is 17.6 Å². The van der Waals surface area contributed by atoms with Gasteiger partial charge in [-0.15, -0.1) is 0 Å². The average Bonchev–Trinajstić information content (AvgIpc) is 2.56. The largest absolute Gasteiger partial charge is 0.497 e. The molecule has 2 saturated carbocycles. The summed E-state index contributed by atoms with van der Waals surface area (Å²) in [6.07, 6.45) is 9.80. The van der Waals surface area contributed by atoms with Gasteiger partial charge >= 0.3 is 0 Å². The number of fused-ring (bicyclic) bond motifs is 1. The zero-order valence-electron chi connectivity index (χ0n) is 13.1. The molecule has 0 bridgehead atoms. The van der Waals surface area contributed by atoms with Crippen molar-refractivity contribution in [1.29, 1.82) is 0 Å². The summed E-state index contributed by atoms with van der Waals surface area (Å²) >= 11 is 0. The summed E-state index contributed by atoms with van der Waals surface area (Å²) in [6.45, 7) is 0. The highest BCUT2D eigenvalue weighted by molar-refractivity contribution is 5.29. The molecular formula is C18H28N2O. The van der Waals surface area contributed by atoms with Crippen molar-refractivity contribution in [3.8, 4) is 5.75 Å². The number of methoxy groups -OCH3 is 1. The second kappa shape index (κ2) is 6.80. The monoisotopic (exact) mass is 288 g/mol. The maximum absolute atomic E-state index is 5.89. The number of nitrogens with one attached hydrogen (secondary N) is 1. The molecule has 3 heteroatoms. The Morgan fingerprint density at radius 1 is 1.05 bits per heavy atom. The number of rotatable bonds is 4. The fourth-order valence-electron chi connectivity index (χ4n) is 4.53. The van der Waals surface area contributed by atoms with Crippen molar-refractivity contribution in [2.75, 3.05) is 7.11 Å². The van der Waals surface area contributed by atoms with Gasteiger partial charge in [0.25, 0.3) is 0 Å². The van der Waals surface area contributed by atoms with Crippen molar-refractivity contribution in [3.63, 3.8) is 0 Å². The Bertz CT molecular complexity index is 445. The third-order valence-electron chi connectivity index (χ3n) is 5.71. The highest BCUT2D eigenvalue weighted by Crippen LogP contribution is 2.46. The van der Waals surface area contributed by atoms with Gasteiger partial charge in [0.2, 0.25) is 0 Å². The predicted molar refractivity (Wildman–Crippen MR) is 85.8 cm³/mol. The van der Waals surface area contributed by atoms with Crippen LogP contribution in [0.5, 0.6) is 5.75 Å². The Morgan fingerprint density at radius 2 is 1.76 bits per heavy atom. The zero-order chi connectivity index (χ0) is 14.7. The molecule has 1 aromatic rings. The lowest BCUT2D eigenvalue weighted by atomic mass is 9.65. The van der Waals surface area contributed by atoms with Crippen LogP contribution in [0.15, 0.2) is 24.3 Å². The predicted octanol–water partition coefficient (Wildman–Crippen LogP) is 3.81. The van der Waals surface area contributed by atoms with Gasteiger partial charge in [0.15, 0.2) is 0 Å². The van der Waals surface area contributed by atoms with E-state index in [4.69, 9.17) is 10.6 Å². The molecule has 0 amide bonds. The molecule has 116 valence electrons. The second-order valence-corrected chi connectivity index (χ2v) is 6.80. The Balaban J connectivity index is 1.70. The first kappa shape index (κ1) is 14.9. The maximum Gasteiger partial charge on any atom is 0.118 e. The molecule has 4 unspecified atom stereocenters. The summed E-state index contributed by atoms with van der Waals surface area (Å²) in [5, 5.41) is 0. The van der Waals surface area contributed by atoms with Gasteiger partial charge in [-0.3, -0.25) is 11.3 Å². The second-order valence-electron chi connectivity index (χ2n) is 6.80. The lowest BCUT2D eigenvalue weighted by Crippen LogP contribution is -2.38.